The number of halogens is 1. The Morgan fingerprint density at radius 3 is 2.68 bits per heavy atom. The molecule has 1 amide bonds. The highest BCUT2D eigenvalue weighted by atomic mass is 35.5. The normalized spacial score (nSPS) is 14.2. The average Bonchev–Trinajstić information content (AvgIpc) is 2.57. The maximum Gasteiger partial charge on any atom is 0.230 e. The van der Waals surface area contributed by atoms with Crippen molar-refractivity contribution < 1.29 is 4.79 Å². The van der Waals surface area contributed by atoms with Crippen molar-refractivity contribution in [1.29, 1.82) is 0 Å². The van der Waals surface area contributed by atoms with Gasteiger partial charge in [-0.3, -0.25) is 9.79 Å². The third kappa shape index (κ3) is 2.51. The minimum absolute atomic E-state index is 0.0800. The van der Waals surface area contributed by atoms with E-state index in [4.69, 9.17) is 11.6 Å². The number of hydrogen-bond donors (Lipinski definition) is 1. The van der Waals surface area contributed by atoms with Crippen LogP contribution in [0.2, 0.25) is 5.02 Å². The molecule has 0 aromatic heterocycles. The number of benzene rings is 2. The van der Waals surface area contributed by atoms with Crippen LogP contribution in [0.3, 0.4) is 0 Å². The van der Waals surface area contributed by atoms with Crippen LogP contribution in [0.15, 0.2) is 53.5 Å². The number of aliphatic imine (C=N–C) groups is 1. The number of amides is 1. The second kappa shape index (κ2) is 4.86. The molecule has 0 saturated carbocycles. The molecule has 1 N–H and O–H groups in total. The first-order chi connectivity index (χ1) is 9.22. The maximum absolute atomic E-state index is 11.9. The molecule has 0 unspecified atom stereocenters. The van der Waals surface area contributed by atoms with Gasteiger partial charge in [-0.05, 0) is 23.8 Å². The van der Waals surface area contributed by atoms with Crippen LogP contribution < -0.4 is 5.32 Å². The predicted octanol–water partition coefficient (Wildman–Crippen LogP) is 3.80. The highest BCUT2D eigenvalue weighted by Gasteiger charge is 2.17. The first kappa shape index (κ1) is 11.9. The molecule has 19 heavy (non-hydrogen) atoms. The molecule has 1 aliphatic rings. The molecule has 0 spiro atoms. The number of hydrogen-bond acceptors (Lipinski definition) is 2. The molecule has 3 rings (SSSR count). The number of rotatable bonds is 1. The standard InChI is InChI=1S/C15H11ClN2O/c16-11-6-7-12-14(8-11)18-15(19)9-13(17-12)10-4-2-1-3-5-10/h1-8H,9H2,(H,18,19). The van der Waals surface area contributed by atoms with E-state index in [9.17, 15) is 4.79 Å². The fraction of sp³-hybridized carbons (Fsp3) is 0.0667. The van der Waals surface area contributed by atoms with Crippen LogP contribution in [0.1, 0.15) is 12.0 Å². The molecule has 4 heteroatoms. The lowest BCUT2D eigenvalue weighted by Gasteiger charge is -2.03. The summed E-state index contributed by atoms with van der Waals surface area (Å²) in [6.45, 7) is 0. The second-order valence-electron chi connectivity index (χ2n) is 4.31. The zero-order valence-electron chi connectivity index (χ0n) is 10.1. The van der Waals surface area contributed by atoms with Gasteiger partial charge in [-0.2, -0.15) is 0 Å². The summed E-state index contributed by atoms with van der Waals surface area (Å²) < 4.78 is 0. The quantitative estimate of drug-likeness (QED) is 0.841. The first-order valence-electron chi connectivity index (χ1n) is 5.95. The average molecular weight is 271 g/mol. The number of anilines is 1. The van der Waals surface area contributed by atoms with E-state index in [-0.39, 0.29) is 12.3 Å². The summed E-state index contributed by atoms with van der Waals surface area (Å²) in [5.41, 5.74) is 3.11. The van der Waals surface area contributed by atoms with Crippen molar-refractivity contribution in [2.75, 3.05) is 5.32 Å². The molecule has 3 nitrogen and oxygen atoms in total. The van der Waals surface area contributed by atoms with Gasteiger partial charge >= 0.3 is 0 Å². The third-order valence-electron chi connectivity index (χ3n) is 2.92. The number of fused-ring (bicyclic) bond motifs is 1. The highest BCUT2D eigenvalue weighted by Crippen LogP contribution is 2.31. The summed E-state index contributed by atoms with van der Waals surface area (Å²) in [5.74, 6) is -0.0800. The van der Waals surface area contributed by atoms with E-state index in [0.717, 1.165) is 17.0 Å². The molecule has 0 bridgehead atoms. The van der Waals surface area contributed by atoms with Crippen LogP contribution in [0, 0.1) is 0 Å². The highest BCUT2D eigenvalue weighted by molar-refractivity contribution is 6.31. The Kier molecular flexibility index (Phi) is 3.05. The zero-order chi connectivity index (χ0) is 13.2. The summed E-state index contributed by atoms with van der Waals surface area (Å²) in [5, 5.41) is 3.41. The van der Waals surface area contributed by atoms with Gasteiger partial charge in [-0.1, -0.05) is 41.9 Å². The lowest BCUT2D eigenvalue weighted by Crippen LogP contribution is -2.14. The van der Waals surface area contributed by atoms with Gasteiger partial charge in [0, 0.05) is 5.02 Å². The maximum atomic E-state index is 11.9. The smallest absolute Gasteiger partial charge is 0.230 e. The van der Waals surface area contributed by atoms with Crippen LogP contribution in [0.4, 0.5) is 11.4 Å². The first-order valence-corrected chi connectivity index (χ1v) is 6.32. The third-order valence-corrected chi connectivity index (χ3v) is 3.16. The molecule has 1 heterocycles. The predicted molar refractivity (Wildman–Crippen MR) is 77.3 cm³/mol. The fourth-order valence-electron chi connectivity index (χ4n) is 2.03. The van der Waals surface area contributed by atoms with E-state index in [0.29, 0.717) is 10.7 Å². The van der Waals surface area contributed by atoms with Crippen molar-refractivity contribution in [1.82, 2.24) is 0 Å². The van der Waals surface area contributed by atoms with E-state index in [2.05, 4.69) is 10.3 Å². The molecule has 0 atom stereocenters. The Labute approximate surface area is 115 Å². The molecule has 94 valence electrons. The Balaban J connectivity index is 2.11. The van der Waals surface area contributed by atoms with Crippen molar-refractivity contribution in [3.05, 3.63) is 59.1 Å². The number of carbonyl (C=O) groups excluding carboxylic acids is 1. The van der Waals surface area contributed by atoms with Gasteiger partial charge in [-0.15, -0.1) is 0 Å². The molecular weight excluding hydrogens is 260 g/mol. The van der Waals surface area contributed by atoms with Gasteiger partial charge in [-0.25, -0.2) is 0 Å². The van der Waals surface area contributed by atoms with E-state index < -0.39 is 0 Å². The Bertz CT molecular complexity index is 665. The Morgan fingerprint density at radius 1 is 1.11 bits per heavy atom. The van der Waals surface area contributed by atoms with Gasteiger partial charge in [0.1, 0.15) is 0 Å². The van der Waals surface area contributed by atoms with Gasteiger partial charge in [0.05, 0.1) is 23.5 Å². The SMILES string of the molecule is O=C1CC(c2ccccc2)=Nc2ccc(Cl)cc2N1. The molecule has 0 radical (unpaired) electrons. The van der Waals surface area contributed by atoms with E-state index in [1.54, 1.807) is 12.1 Å². The van der Waals surface area contributed by atoms with Crippen molar-refractivity contribution in [3.63, 3.8) is 0 Å². The van der Waals surface area contributed by atoms with Crippen molar-refractivity contribution >= 4 is 34.6 Å². The molecule has 0 saturated heterocycles. The second-order valence-corrected chi connectivity index (χ2v) is 4.75. The van der Waals surface area contributed by atoms with Crippen LogP contribution in [-0.4, -0.2) is 11.6 Å². The van der Waals surface area contributed by atoms with E-state index in [1.165, 1.54) is 0 Å². The van der Waals surface area contributed by atoms with Gasteiger partial charge < -0.3 is 5.32 Å². The van der Waals surface area contributed by atoms with E-state index in [1.807, 2.05) is 36.4 Å². The molecular formula is C15H11ClN2O. The summed E-state index contributed by atoms with van der Waals surface area (Å²) in [7, 11) is 0. The lowest BCUT2D eigenvalue weighted by molar-refractivity contribution is -0.115. The van der Waals surface area contributed by atoms with Gasteiger partial charge in [0.25, 0.3) is 0 Å². The zero-order valence-corrected chi connectivity index (χ0v) is 10.8. The lowest BCUT2D eigenvalue weighted by atomic mass is 10.1. The van der Waals surface area contributed by atoms with Crippen molar-refractivity contribution in [2.24, 2.45) is 4.99 Å². The largest absolute Gasteiger partial charge is 0.324 e. The molecule has 0 aliphatic carbocycles. The number of carbonyl (C=O) groups is 1. The van der Waals surface area contributed by atoms with Crippen LogP contribution in [-0.2, 0) is 4.79 Å². The van der Waals surface area contributed by atoms with Crippen molar-refractivity contribution in [2.45, 2.75) is 6.42 Å². The van der Waals surface area contributed by atoms with Crippen LogP contribution in [0.5, 0.6) is 0 Å². The van der Waals surface area contributed by atoms with Crippen LogP contribution in [0.25, 0.3) is 0 Å². The molecule has 2 aromatic rings. The van der Waals surface area contributed by atoms with E-state index >= 15 is 0 Å². The summed E-state index contributed by atoms with van der Waals surface area (Å²) in [6.07, 6.45) is 0.260. The topological polar surface area (TPSA) is 41.5 Å². The minimum atomic E-state index is -0.0800. The van der Waals surface area contributed by atoms with Crippen molar-refractivity contribution in [3.8, 4) is 0 Å². The number of nitrogens with one attached hydrogen (secondary N) is 1. The summed E-state index contributed by atoms with van der Waals surface area (Å²) in [4.78, 5) is 16.5. The minimum Gasteiger partial charge on any atom is -0.324 e. The summed E-state index contributed by atoms with van der Waals surface area (Å²) in [6, 6.07) is 15.0. The number of nitrogens with zero attached hydrogens (tertiary/aromatic N) is 1. The fourth-order valence-corrected chi connectivity index (χ4v) is 2.21. The van der Waals surface area contributed by atoms with Gasteiger partial charge in [0.2, 0.25) is 5.91 Å². The Morgan fingerprint density at radius 2 is 1.89 bits per heavy atom. The molecule has 2 aromatic carbocycles. The summed E-state index contributed by atoms with van der Waals surface area (Å²) >= 11 is 5.93. The molecule has 1 aliphatic heterocycles. The van der Waals surface area contributed by atoms with Crippen LogP contribution >= 0.6 is 11.6 Å². The molecule has 0 fully saturated rings. The van der Waals surface area contributed by atoms with Gasteiger partial charge in [0.15, 0.2) is 0 Å². The monoisotopic (exact) mass is 270 g/mol. The Hall–Kier alpha value is -2.13.